The predicted octanol–water partition coefficient (Wildman–Crippen LogP) is 4.00. The van der Waals surface area contributed by atoms with Crippen LogP contribution in [0.1, 0.15) is 5.56 Å². The van der Waals surface area contributed by atoms with Crippen LogP contribution in [0.3, 0.4) is 0 Å². The van der Waals surface area contributed by atoms with E-state index < -0.39 is 10.0 Å². The van der Waals surface area contributed by atoms with Gasteiger partial charge >= 0.3 is 0 Å². The van der Waals surface area contributed by atoms with Crippen LogP contribution in [0.25, 0.3) is 0 Å². The third-order valence-electron chi connectivity index (χ3n) is 2.40. The van der Waals surface area contributed by atoms with Crippen LogP contribution in [0.2, 0.25) is 0 Å². The summed E-state index contributed by atoms with van der Waals surface area (Å²) in [5.41, 5.74) is 1.31. The number of sulfonamides is 1. The molecular formula is C13H11BrINO2S. The minimum atomic E-state index is -3.41. The third kappa shape index (κ3) is 4.47. The van der Waals surface area contributed by atoms with Gasteiger partial charge < -0.3 is 0 Å². The largest absolute Gasteiger partial charge is 0.282 e. The lowest BCUT2D eigenvalue weighted by atomic mass is 10.2. The van der Waals surface area contributed by atoms with E-state index in [2.05, 4.69) is 43.2 Å². The molecule has 0 aromatic heterocycles. The fourth-order valence-electron chi connectivity index (χ4n) is 1.57. The van der Waals surface area contributed by atoms with Gasteiger partial charge in [0.15, 0.2) is 0 Å². The van der Waals surface area contributed by atoms with Gasteiger partial charge in [-0.05, 0) is 62.3 Å². The van der Waals surface area contributed by atoms with Crippen molar-refractivity contribution in [1.82, 2.24) is 0 Å². The highest BCUT2D eigenvalue weighted by atomic mass is 127. The maximum absolute atomic E-state index is 12.1. The van der Waals surface area contributed by atoms with Crippen LogP contribution < -0.4 is 4.72 Å². The summed E-state index contributed by atoms with van der Waals surface area (Å²) < 4.78 is 28.5. The van der Waals surface area contributed by atoms with Crippen molar-refractivity contribution in [3.05, 3.63) is 62.1 Å². The number of hydrogen-bond donors (Lipinski definition) is 1. The second-order valence-electron chi connectivity index (χ2n) is 3.97. The lowest BCUT2D eigenvalue weighted by molar-refractivity contribution is 0.600. The molecule has 2 aromatic carbocycles. The second-order valence-corrected chi connectivity index (χ2v) is 7.79. The van der Waals surface area contributed by atoms with E-state index in [9.17, 15) is 8.42 Å². The maximum atomic E-state index is 12.1. The van der Waals surface area contributed by atoms with E-state index in [1.165, 1.54) is 0 Å². The highest BCUT2D eigenvalue weighted by Crippen LogP contribution is 2.25. The van der Waals surface area contributed by atoms with Gasteiger partial charge in [0, 0.05) is 8.04 Å². The van der Waals surface area contributed by atoms with Gasteiger partial charge in [-0.2, -0.15) is 0 Å². The van der Waals surface area contributed by atoms with Crippen molar-refractivity contribution in [3.63, 3.8) is 0 Å². The Morgan fingerprint density at radius 3 is 2.42 bits per heavy atom. The van der Waals surface area contributed by atoms with E-state index in [4.69, 9.17) is 0 Å². The molecule has 3 nitrogen and oxygen atoms in total. The standard InChI is InChI=1S/C13H11BrINO2S/c14-12-8-11(15)6-7-13(12)16-19(17,18)9-10-4-2-1-3-5-10/h1-8,16H,9H2. The molecule has 0 amide bonds. The molecule has 0 spiro atoms. The smallest absolute Gasteiger partial charge is 0.236 e. The first-order valence-electron chi connectivity index (χ1n) is 5.46. The van der Waals surface area contributed by atoms with E-state index in [0.717, 1.165) is 13.6 Å². The van der Waals surface area contributed by atoms with Crippen molar-refractivity contribution in [2.24, 2.45) is 0 Å². The number of rotatable bonds is 4. The molecule has 1 N–H and O–H groups in total. The molecule has 0 saturated heterocycles. The Morgan fingerprint density at radius 2 is 1.79 bits per heavy atom. The average Bonchev–Trinajstić information content (AvgIpc) is 2.33. The zero-order valence-electron chi connectivity index (χ0n) is 9.81. The number of benzene rings is 2. The number of anilines is 1. The van der Waals surface area contributed by atoms with Gasteiger partial charge in [-0.3, -0.25) is 4.72 Å². The van der Waals surface area contributed by atoms with E-state index in [-0.39, 0.29) is 5.75 Å². The quantitative estimate of drug-likeness (QED) is 0.714. The third-order valence-corrected chi connectivity index (χ3v) is 4.97. The van der Waals surface area contributed by atoms with E-state index in [0.29, 0.717) is 5.69 Å². The minimum Gasteiger partial charge on any atom is -0.282 e. The predicted molar refractivity (Wildman–Crippen MR) is 89.5 cm³/mol. The van der Waals surface area contributed by atoms with Gasteiger partial charge in [-0.1, -0.05) is 30.3 Å². The van der Waals surface area contributed by atoms with Crippen LogP contribution in [0.4, 0.5) is 5.69 Å². The number of hydrogen-bond acceptors (Lipinski definition) is 2. The van der Waals surface area contributed by atoms with Crippen LogP contribution in [0.15, 0.2) is 53.0 Å². The average molecular weight is 452 g/mol. The van der Waals surface area contributed by atoms with Crippen LogP contribution in [-0.4, -0.2) is 8.42 Å². The Kier molecular flexibility index (Phi) is 4.86. The molecule has 0 fully saturated rings. The molecular weight excluding hydrogens is 441 g/mol. The first-order chi connectivity index (χ1) is 8.96. The van der Waals surface area contributed by atoms with Crippen LogP contribution in [0.5, 0.6) is 0 Å². The summed E-state index contributed by atoms with van der Waals surface area (Å²) in [7, 11) is -3.41. The summed E-state index contributed by atoms with van der Waals surface area (Å²) in [5, 5.41) is 0. The zero-order chi connectivity index (χ0) is 13.9. The molecule has 100 valence electrons. The SMILES string of the molecule is O=S(=O)(Cc1ccccc1)Nc1ccc(I)cc1Br. The van der Waals surface area contributed by atoms with Gasteiger partial charge in [0.25, 0.3) is 0 Å². The number of halogens is 2. The molecule has 0 heterocycles. The molecule has 0 unspecified atom stereocenters. The summed E-state index contributed by atoms with van der Waals surface area (Å²) in [6.07, 6.45) is 0. The van der Waals surface area contributed by atoms with Gasteiger partial charge in [0.1, 0.15) is 0 Å². The molecule has 2 rings (SSSR count). The Balaban J connectivity index is 2.17. The molecule has 0 atom stereocenters. The van der Waals surface area contributed by atoms with Crippen molar-refractivity contribution >= 4 is 54.2 Å². The zero-order valence-corrected chi connectivity index (χ0v) is 14.4. The molecule has 0 aliphatic heterocycles. The van der Waals surface area contributed by atoms with E-state index >= 15 is 0 Å². The monoisotopic (exact) mass is 451 g/mol. The molecule has 2 aromatic rings. The summed E-state index contributed by atoms with van der Waals surface area (Å²) in [6, 6.07) is 14.6. The van der Waals surface area contributed by atoms with E-state index in [1.54, 1.807) is 18.2 Å². The highest BCUT2D eigenvalue weighted by molar-refractivity contribution is 14.1. The first kappa shape index (κ1) is 14.8. The first-order valence-corrected chi connectivity index (χ1v) is 8.98. The Bertz CT molecular complexity index is 674. The Labute approximate surface area is 134 Å². The Hall–Kier alpha value is -0.600. The molecule has 0 saturated carbocycles. The van der Waals surface area contributed by atoms with Crippen LogP contribution >= 0.6 is 38.5 Å². The van der Waals surface area contributed by atoms with E-state index in [1.807, 2.05) is 30.3 Å². The van der Waals surface area contributed by atoms with Crippen molar-refractivity contribution in [2.45, 2.75) is 5.75 Å². The van der Waals surface area contributed by atoms with Crippen molar-refractivity contribution in [2.75, 3.05) is 4.72 Å². The lowest BCUT2D eigenvalue weighted by Gasteiger charge is -2.10. The lowest BCUT2D eigenvalue weighted by Crippen LogP contribution is -2.15. The summed E-state index contributed by atoms with van der Waals surface area (Å²) in [5.74, 6) is -0.0354. The van der Waals surface area contributed by atoms with Gasteiger partial charge in [0.05, 0.1) is 11.4 Å². The summed E-state index contributed by atoms with van der Waals surface area (Å²) in [6.45, 7) is 0. The molecule has 0 radical (unpaired) electrons. The molecule has 0 bridgehead atoms. The highest BCUT2D eigenvalue weighted by Gasteiger charge is 2.13. The fourth-order valence-corrected chi connectivity index (χ4v) is 4.31. The van der Waals surface area contributed by atoms with Crippen molar-refractivity contribution in [3.8, 4) is 0 Å². The summed E-state index contributed by atoms with van der Waals surface area (Å²) in [4.78, 5) is 0. The molecule has 19 heavy (non-hydrogen) atoms. The Morgan fingerprint density at radius 1 is 1.11 bits per heavy atom. The minimum absolute atomic E-state index is 0.0354. The maximum Gasteiger partial charge on any atom is 0.236 e. The fraction of sp³-hybridized carbons (Fsp3) is 0.0769. The summed E-state index contributed by atoms with van der Waals surface area (Å²) >= 11 is 5.52. The molecule has 0 aliphatic carbocycles. The number of nitrogens with one attached hydrogen (secondary N) is 1. The van der Waals surface area contributed by atoms with Crippen molar-refractivity contribution < 1.29 is 8.42 Å². The molecule has 0 aliphatic rings. The van der Waals surface area contributed by atoms with Gasteiger partial charge in [-0.15, -0.1) is 0 Å². The molecule has 6 heteroatoms. The van der Waals surface area contributed by atoms with Crippen molar-refractivity contribution in [1.29, 1.82) is 0 Å². The van der Waals surface area contributed by atoms with Crippen LogP contribution in [-0.2, 0) is 15.8 Å². The normalized spacial score (nSPS) is 11.3. The van der Waals surface area contributed by atoms with Crippen LogP contribution in [0, 0.1) is 3.57 Å². The second kappa shape index (κ2) is 6.23. The van der Waals surface area contributed by atoms with Gasteiger partial charge in [-0.25, -0.2) is 8.42 Å². The topological polar surface area (TPSA) is 46.2 Å². The van der Waals surface area contributed by atoms with Gasteiger partial charge in [0.2, 0.25) is 10.0 Å².